The second kappa shape index (κ2) is 4.43. The van der Waals surface area contributed by atoms with Gasteiger partial charge in [-0.25, -0.2) is 9.37 Å². The molecule has 3 rings (SSSR count). The van der Waals surface area contributed by atoms with Crippen molar-refractivity contribution in [3.63, 3.8) is 0 Å². The molecule has 0 saturated heterocycles. The highest BCUT2D eigenvalue weighted by molar-refractivity contribution is 7.15. The smallest absolute Gasteiger partial charge is 0.193 e. The maximum atomic E-state index is 13.2. The van der Waals surface area contributed by atoms with E-state index in [0.717, 1.165) is 10.7 Å². The minimum Gasteiger partial charge on any atom is -0.385 e. The quantitative estimate of drug-likeness (QED) is 0.798. The van der Waals surface area contributed by atoms with Crippen molar-refractivity contribution in [1.82, 2.24) is 9.38 Å². The lowest BCUT2D eigenvalue weighted by atomic mass is 9.91. The van der Waals surface area contributed by atoms with Crippen LogP contribution < -0.4 is 0 Å². The first-order chi connectivity index (χ1) is 9.04. The number of aliphatic hydroxyl groups is 1. The van der Waals surface area contributed by atoms with E-state index in [1.165, 1.54) is 12.1 Å². The number of hydrogen-bond donors (Lipinski definition) is 1. The molecular weight excluding hydrogens is 263 g/mol. The number of halogens is 1. The van der Waals surface area contributed by atoms with E-state index in [9.17, 15) is 9.50 Å². The van der Waals surface area contributed by atoms with Gasteiger partial charge in [0.2, 0.25) is 0 Å². The van der Waals surface area contributed by atoms with Gasteiger partial charge < -0.3 is 5.11 Å². The van der Waals surface area contributed by atoms with E-state index >= 15 is 0 Å². The molecule has 1 N–H and O–H groups in total. The van der Waals surface area contributed by atoms with Gasteiger partial charge in [0, 0.05) is 24.2 Å². The fraction of sp³-hybridized carbons (Fsp3) is 0.214. The van der Waals surface area contributed by atoms with Crippen molar-refractivity contribution in [2.75, 3.05) is 0 Å². The SMILES string of the molecule is CC(O)(Cc1cn2ccsc2n1)c1cccc(F)c1. The van der Waals surface area contributed by atoms with Crippen LogP contribution in [-0.4, -0.2) is 14.5 Å². The van der Waals surface area contributed by atoms with Crippen molar-refractivity contribution >= 4 is 16.3 Å². The van der Waals surface area contributed by atoms with Crippen LogP contribution in [0.2, 0.25) is 0 Å². The lowest BCUT2D eigenvalue weighted by Crippen LogP contribution is -2.24. The monoisotopic (exact) mass is 276 g/mol. The van der Waals surface area contributed by atoms with E-state index in [2.05, 4.69) is 4.98 Å². The van der Waals surface area contributed by atoms with Gasteiger partial charge in [0.25, 0.3) is 0 Å². The number of aromatic nitrogens is 2. The molecule has 0 aliphatic carbocycles. The molecule has 5 heteroatoms. The molecule has 2 heterocycles. The minimum atomic E-state index is -1.13. The van der Waals surface area contributed by atoms with Gasteiger partial charge in [0.05, 0.1) is 11.3 Å². The summed E-state index contributed by atoms with van der Waals surface area (Å²) in [4.78, 5) is 5.33. The molecule has 19 heavy (non-hydrogen) atoms. The molecule has 2 aromatic heterocycles. The van der Waals surface area contributed by atoms with E-state index in [-0.39, 0.29) is 5.82 Å². The van der Waals surface area contributed by atoms with Gasteiger partial charge >= 0.3 is 0 Å². The van der Waals surface area contributed by atoms with Gasteiger partial charge in [0.1, 0.15) is 5.82 Å². The number of benzene rings is 1. The van der Waals surface area contributed by atoms with Crippen LogP contribution in [0.1, 0.15) is 18.2 Å². The highest BCUT2D eigenvalue weighted by atomic mass is 32.1. The number of rotatable bonds is 3. The highest BCUT2D eigenvalue weighted by Gasteiger charge is 2.25. The summed E-state index contributed by atoms with van der Waals surface area (Å²) < 4.78 is 15.1. The molecule has 1 atom stereocenters. The summed E-state index contributed by atoms with van der Waals surface area (Å²) in [5, 5.41) is 12.5. The first-order valence-corrected chi connectivity index (χ1v) is 6.82. The molecule has 0 bridgehead atoms. The van der Waals surface area contributed by atoms with Crippen LogP contribution in [0.4, 0.5) is 4.39 Å². The molecule has 0 aliphatic rings. The van der Waals surface area contributed by atoms with Crippen LogP contribution in [0.5, 0.6) is 0 Å². The van der Waals surface area contributed by atoms with Crippen LogP contribution in [0.25, 0.3) is 4.96 Å². The molecule has 0 amide bonds. The minimum absolute atomic E-state index is 0.344. The number of thiazole rings is 1. The predicted octanol–water partition coefficient (Wildman–Crippen LogP) is 2.99. The third-order valence-corrected chi connectivity index (χ3v) is 3.89. The number of fused-ring (bicyclic) bond motifs is 1. The van der Waals surface area contributed by atoms with Gasteiger partial charge in [-0.05, 0) is 24.6 Å². The molecule has 98 valence electrons. The maximum absolute atomic E-state index is 13.2. The normalized spacial score (nSPS) is 14.7. The Morgan fingerprint density at radius 2 is 2.32 bits per heavy atom. The molecule has 0 aliphatic heterocycles. The van der Waals surface area contributed by atoms with Crippen molar-refractivity contribution in [3.05, 3.63) is 59.1 Å². The number of hydrogen-bond acceptors (Lipinski definition) is 3. The summed E-state index contributed by atoms with van der Waals surface area (Å²) in [6.45, 7) is 1.68. The van der Waals surface area contributed by atoms with E-state index < -0.39 is 5.60 Å². The second-order valence-electron chi connectivity index (χ2n) is 4.79. The van der Waals surface area contributed by atoms with Crippen molar-refractivity contribution in [3.8, 4) is 0 Å². The molecule has 0 spiro atoms. The lowest BCUT2D eigenvalue weighted by molar-refractivity contribution is 0.0564. The lowest BCUT2D eigenvalue weighted by Gasteiger charge is -2.22. The Labute approximate surface area is 114 Å². The molecule has 1 unspecified atom stereocenters. The summed E-state index contributed by atoms with van der Waals surface area (Å²) in [6, 6.07) is 6.05. The van der Waals surface area contributed by atoms with Gasteiger partial charge in [-0.3, -0.25) is 4.40 Å². The van der Waals surface area contributed by atoms with E-state index in [0.29, 0.717) is 12.0 Å². The fourth-order valence-corrected chi connectivity index (χ4v) is 2.86. The van der Waals surface area contributed by atoms with Crippen LogP contribution in [0.3, 0.4) is 0 Å². The zero-order valence-electron chi connectivity index (χ0n) is 10.4. The Morgan fingerprint density at radius 1 is 1.47 bits per heavy atom. The Kier molecular flexibility index (Phi) is 2.88. The predicted molar refractivity (Wildman–Crippen MR) is 72.7 cm³/mol. The molecule has 0 fully saturated rings. The van der Waals surface area contributed by atoms with Gasteiger partial charge in [-0.15, -0.1) is 11.3 Å². The van der Waals surface area contributed by atoms with Crippen molar-refractivity contribution < 1.29 is 9.50 Å². The molecule has 0 saturated carbocycles. The summed E-state index contributed by atoms with van der Waals surface area (Å²) >= 11 is 1.54. The third-order valence-electron chi connectivity index (χ3n) is 3.12. The summed E-state index contributed by atoms with van der Waals surface area (Å²) in [5.74, 6) is -0.344. The van der Waals surface area contributed by atoms with E-state index in [1.807, 2.05) is 22.2 Å². The average Bonchev–Trinajstić information content (AvgIpc) is 2.89. The summed E-state index contributed by atoms with van der Waals surface area (Å²) in [5.41, 5.74) is 0.219. The van der Waals surface area contributed by atoms with Crippen molar-refractivity contribution in [2.45, 2.75) is 18.9 Å². The Bertz CT molecular complexity index is 688. The Balaban J connectivity index is 1.90. The second-order valence-corrected chi connectivity index (χ2v) is 5.66. The molecule has 1 aromatic carbocycles. The molecular formula is C14H13FN2OS. The zero-order chi connectivity index (χ0) is 13.5. The zero-order valence-corrected chi connectivity index (χ0v) is 11.2. The molecule has 3 aromatic rings. The van der Waals surface area contributed by atoms with Crippen LogP contribution in [-0.2, 0) is 12.0 Å². The van der Waals surface area contributed by atoms with Crippen LogP contribution in [0, 0.1) is 5.82 Å². The first-order valence-electron chi connectivity index (χ1n) is 5.94. The summed E-state index contributed by atoms with van der Waals surface area (Å²) in [7, 11) is 0. The largest absolute Gasteiger partial charge is 0.385 e. The summed E-state index contributed by atoms with van der Waals surface area (Å²) in [6.07, 6.45) is 4.16. The van der Waals surface area contributed by atoms with Gasteiger partial charge in [0.15, 0.2) is 4.96 Å². The van der Waals surface area contributed by atoms with Gasteiger partial charge in [-0.1, -0.05) is 12.1 Å². The number of imidazole rings is 1. The molecule has 0 radical (unpaired) electrons. The van der Waals surface area contributed by atoms with Crippen LogP contribution >= 0.6 is 11.3 Å². The Morgan fingerprint density at radius 3 is 3.05 bits per heavy atom. The fourth-order valence-electron chi connectivity index (χ4n) is 2.14. The van der Waals surface area contributed by atoms with Crippen LogP contribution in [0.15, 0.2) is 42.0 Å². The average molecular weight is 276 g/mol. The van der Waals surface area contributed by atoms with Crippen molar-refractivity contribution in [1.29, 1.82) is 0 Å². The van der Waals surface area contributed by atoms with Crippen molar-refractivity contribution in [2.24, 2.45) is 0 Å². The standard InChI is InChI=1S/C14H13FN2OS/c1-14(18,10-3-2-4-11(15)7-10)8-12-9-17-5-6-19-13(17)16-12/h2-7,9,18H,8H2,1H3. The van der Waals surface area contributed by atoms with E-state index in [4.69, 9.17) is 0 Å². The Hall–Kier alpha value is -1.72. The number of nitrogens with zero attached hydrogens (tertiary/aromatic N) is 2. The molecule has 3 nitrogen and oxygen atoms in total. The third kappa shape index (κ3) is 2.39. The topological polar surface area (TPSA) is 37.5 Å². The van der Waals surface area contributed by atoms with Gasteiger partial charge in [-0.2, -0.15) is 0 Å². The first kappa shape index (κ1) is 12.3. The van der Waals surface area contributed by atoms with E-state index in [1.54, 1.807) is 30.4 Å². The highest BCUT2D eigenvalue weighted by Crippen LogP contribution is 2.26. The maximum Gasteiger partial charge on any atom is 0.193 e.